The van der Waals surface area contributed by atoms with E-state index in [4.69, 9.17) is 5.26 Å². The predicted molar refractivity (Wildman–Crippen MR) is 89.4 cm³/mol. The molecule has 0 spiro atoms. The fourth-order valence-electron chi connectivity index (χ4n) is 3.03. The normalized spacial score (nSPS) is 15.5. The SMILES string of the molecule is N#Cc1ccc(CN2CCN(c3nccn4cnnc34)CC2)cc1. The van der Waals surface area contributed by atoms with Crippen molar-refractivity contribution in [2.24, 2.45) is 0 Å². The summed E-state index contributed by atoms with van der Waals surface area (Å²) in [4.78, 5) is 9.17. The highest BCUT2D eigenvalue weighted by molar-refractivity contribution is 5.63. The van der Waals surface area contributed by atoms with Crippen LogP contribution in [0.5, 0.6) is 0 Å². The number of hydrogen-bond acceptors (Lipinski definition) is 6. The third-order valence-corrected chi connectivity index (χ3v) is 4.36. The molecule has 0 saturated carbocycles. The number of rotatable bonds is 3. The molecule has 0 bridgehead atoms. The van der Waals surface area contributed by atoms with Crippen molar-refractivity contribution >= 4 is 11.5 Å². The molecule has 0 N–H and O–H groups in total. The lowest BCUT2D eigenvalue weighted by Crippen LogP contribution is -2.46. The van der Waals surface area contributed by atoms with Gasteiger partial charge in [-0.2, -0.15) is 5.26 Å². The van der Waals surface area contributed by atoms with Crippen LogP contribution in [0, 0.1) is 11.3 Å². The summed E-state index contributed by atoms with van der Waals surface area (Å²) in [5, 5.41) is 17.0. The van der Waals surface area contributed by atoms with E-state index in [1.54, 1.807) is 12.5 Å². The molecule has 1 aliphatic heterocycles. The second-order valence-electron chi connectivity index (χ2n) is 5.88. The Bertz CT molecular complexity index is 870. The van der Waals surface area contributed by atoms with E-state index >= 15 is 0 Å². The van der Waals surface area contributed by atoms with E-state index in [0.29, 0.717) is 5.56 Å². The monoisotopic (exact) mass is 319 g/mol. The maximum absolute atomic E-state index is 8.86. The van der Waals surface area contributed by atoms with E-state index in [1.807, 2.05) is 34.9 Å². The highest BCUT2D eigenvalue weighted by Gasteiger charge is 2.20. The molecule has 0 aliphatic carbocycles. The van der Waals surface area contributed by atoms with Crippen LogP contribution in [0.25, 0.3) is 5.65 Å². The van der Waals surface area contributed by atoms with Gasteiger partial charge in [-0.3, -0.25) is 9.30 Å². The summed E-state index contributed by atoms with van der Waals surface area (Å²) in [6.45, 7) is 4.67. The van der Waals surface area contributed by atoms with Crippen molar-refractivity contribution in [1.29, 1.82) is 5.26 Å². The Morgan fingerprint density at radius 2 is 1.88 bits per heavy atom. The molecule has 7 nitrogen and oxygen atoms in total. The molecule has 3 heterocycles. The molecule has 2 aromatic heterocycles. The fourth-order valence-corrected chi connectivity index (χ4v) is 3.03. The minimum atomic E-state index is 0.705. The second kappa shape index (κ2) is 6.26. The Hall–Kier alpha value is -2.98. The lowest BCUT2D eigenvalue weighted by molar-refractivity contribution is 0.249. The number of nitriles is 1. The van der Waals surface area contributed by atoms with E-state index in [9.17, 15) is 0 Å². The van der Waals surface area contributed by atoms with Crippen molar-refractivity contribution in [3.05, 3.63) is 54.1 Å². The van der Waals surface area contributed by atoms with Gasteiger partial charge in [0.1, 0.15) is 6.33 Å². The van der Waals surface area contributed by atoms with Crippen LogP contribution < -0.4 is 4.90 Å². The summed E-state index contributed by atoms with van der Waals surface area (Å²) in [6, 6.07) is 9.97. The average molecular weight is 319 g/mol. The van der Waals surface area contributed by atoms with Gasteiger partial charge in [0.15, 0.2) is 5.82 Å². The number of aromatic nitrogens is 4. The maximum Gasteiger partial charge on any atom is 0.203 e. The van der Waals surface area contributed by atoms with Crippen molar-refractivity contribution in [3.8, 4) is 6.07 Å². The first-order valence-corrected chi connectivity index (χ1v) is 7.94. The molecule has 0 atom stereocenters. The van der Waals surface area contributed by atoms with Crippen molar-refractivity contribution < 1.29 is 0 Å². The highest BCUT2D eigenvalue weighted by atomic mass is 15.3. The zero-order chi connectivity index (χ0) is 16.4. The molecule has 3 aromatic rings. The maximum atomic E-state index is 8.86. The first-order chi connectivity index (χ1) is 11.8. The van der Waals surface area contributed by atoms with Crippen molar-refractivity contribution in [2.75, 3.05) is 31.1 Å². The molecule has 0 amide bonds. The van der Waals surface area contributed by atoms with Crippen molar-refractivity contribution in [2.45, 2.75) is 6.54 Å². The van der Waals surface area contributed by atoms with Gasteiger partial charge in [-0.05, 0) is 17.7 Å². The van der Waals surface area contributed by atoms with Crippen LogP contribution in [0.15, 0.2) is 43.0 Å². The number of benzene rings is 1. The van der Waals surface area contributed by atoms with E-state index in [-0.39, 0.29) is 0 Å². The molecular formula is C17H17N7. The number of nitrogens with zero attached hydrogens (tertiary/aromatic N) is 7. The molecule has 0 radical (unpaired) electrons. The molecule has 4 rings (SSSR count). The Balaban J connectivity index is 1.41. The van der Waals surface area contributed by atoms with Gasteiger partial charge in [-0.1, -0.05) is 12.1 Å². The van der Waals surface area contributed by atoms with Crippen molar-refractivity contribution in [1.82, 2.24) is 24.5 Å². The van der Waals surface area contributed by atoms with Crippen molar-refractivity contribution in [3.63, 3.8) is 0 Å². The van der Waals surface area contributed by atoms with Crippen LogP contribution in [0.2, 0.25) is 0 Å². The minimum Gasteiger partial charge on any atom is -0.351 e. The molecule has 120 valence electrons. The van der Waals surface area contributed by atoms with E-state index in [0.717, 1.165) is 44.2 Å². The largest absolute Gasteiger partial charge is 0.351 e. The number of hydrogen-bond donors (Lipinski definition) is 0. The number of piperazine rings is 1. The van der Waals surface area contributed by atoms with Gasteiger partial charge in [0.2, 0.25) is 5.65 Å². The summed E-state index contributed by atoms with van der Waals surface area (Å²) in [7, 11) is 0. The molecule has 7 heteroatoms. The molecular weight excluding hydrogens is 302 g/mol. The van der Waals surface area contributed by atoms with Gasteiger partial charge < -0.3 is 4.90 Å². The molecule has 24 heavy (non-hydrogen) atoms. The molecule has 1 fully saturated rings. The zero-order valence-corrected chi connectivity index (χ0v) is 13.2. The summed E-state index contributed by atoms with van der Waals surface area (Å²) >= 11 is 0. The first-order valence-electron chi connectivity index (χ1n) is 7.94. The Labute approximate surface area is 139 Å². The van der Waals surface area contributed by atoms with Gasteiger partial charge in [-0.25, -0.2) is 4.98 Å². The van der Waals surface area contributed by atoms with Crippen LogP contribution in [0.1, 0.15) is 11.1 Å². The van der Waals surface area contributed by atoms with Gasteiger partial charge in [0.05, 0.1) is 11.6 Å². The second-order valence-corrected chi connectivity index (χ2v) is 5.88. The van der Waals surface area contributed by atoms with Gasteiger partial charge in [0.25, 0.3) is 0 Å². The predicted octanol–water partition coefficient (Wildman–Crippen LogP) is 1.32. The minimum absolute atomic E-state index is 0.705. The fraction of sp³-hybridized carbons (Fsp3) is 0.294. The van der Waals surface area contributed by atoms with Gasteiger partial charge >= 0.3 is 0 Å². The van der Waals surface area contributed by atoms with Gasteiger partial charge in [0, 0.05) is 45.1 Å². The standard InChI is InChI=1S/C17H17N7/c18-11-14-1-3-15(4-2-14)12-22-7-9-23(10-8-22)16-17-21-20-13-24(17)6-5-19-16/h1-6,13H,7-10,12H2. The van der Waals surface area contributed by atoms with Gasteiger partial charge in [-0.15, -0.1) is 10.2 Å². The third-order valence-electron chi connectivity index (χ3n) is 4.36. The molecule has 1 aliphatic rings. The Morgan fingerprint density at radius 3 is 2.62 bits per heavy atom. The quantitative estimate of drug-likeness (QED) is 0.725. The first kappa shape index (κ1) is 14.6. The summed E-state index contributed by atoms with van der Waals surface area (Å²) in [6.07, 6.45) is 5.34. The van der Waals surface area contributed by atoms with E-state index in [1.165, 1.54) is 5.56 Å². The number of anilines is 1. The Morgan fingerprint density at radius 1 is 1.08 bits per heavy atom. The molecule has 1 saturated heterocycles. The van der Waals surface area contributed by atoms with E-state index in [2.05, 4.69) is 31.1 Å². The van der Waals surface area contributed by atoms with Crippen LogP contribution in [-0.2, 0) is 6.54 Å². The summed E-state index contributed by atoms with van der Waals surface area (Å²) in [5.74, 6) is 0.896. The van der Waals surface area contributed by atoms with Crippen LogP contribution in [0.3, 0.4) is 0 Å². The molecule has 0 unspecified atom stereocenters. The van der Waals surface area contributed by atoms with Crippen LogP contribution >= 0.6 is 0 Å². The smallest absolute Gasteiger partial charge is 0.203 e. The summed E-state index contributed by atoms with van der Waals surface area (Å²) in [5.41, 5.74) is 2.74. The summed E-state index contributed by atoms with van der Waals surface area (Å²) < 4.78 is 1.89. The highest BCUT2D eigenvalue weighted by Crippen LogP contribution is 2.18. The topological polar surface area (TPSA) is 73.4 Å². The molecule has 1 aromatic carbocycles. The Kier molecular flexibility index (Phi) is 3.81. The lowest BCUT2D eigenvalue weighted by Gasteiger charge is -2.35. The van der Waals surface area contributed by atoms with E-state index < -0.39 is 0 Å². The average Bonchev–Trinajstić information content (AvgIpc) is 3.12. The van der Waals surface area contributed by atoms with Crippen LogP contribution in [-0.4, -0.2) is 50.7 Å². The third kappa shape index (κ3) is 2.79. The zero-order valence-electron chi connectivity index (χ0n) is 13.2. The number of fused-ring (bicyclic) bond motifs is 1. The van der Waals surface area contributed by atoms with Crippen LogP contribution in [0.4, 0.5) is 5.82 Å². The lowest BCUT2D eigenvalue weighted by atomic mass is 10.1.